The lowest BCUT2D eigenvalue weighted by Crippen LogP contribution is -2.22. The number of rotatable bonds is 7. The van der Waals surface area contributed by atoms with E-state index in [9.17, 15) is 4.79 Å². The Morgan fingerprint density at radius 2 is 2.10 bits per heavy atom. The van der Waals surface area contributed by atoms with E-state index in [1.807, 2.05) is 6.07 Å². The van der Waals surface area contributed by atoms with E-state index >= 15 is 0 Å². The number of hydrogen-bond donors (Lipinski definition) is 0. The number of aldehydes is 1. The molecule has 0 fully saturated rings. The van der Waals surface area contributed by atoms with Gasteiger partial charge in [0.2, 0.25) is 0 Å². The molecule has 5 nitrogen and oxygen atoms in total. The van der Waals surface area contributed by atoms with Crippen molar-refractivity contribution in [2.45, 2.75) is 32.4 Å². The summed E-state index contributed by atoms with van der Waals surface area (Å²) in [6.07, 6.45) is 2.50. The maximum Gasteiger partial charge on any atom is 0.153 e. The van der Waals surface area contributed by atoms with Crippen molar-refractivity contribution in [3.8, 4) is 5.75 Å². The average molecular weight is 306 g/mol. The molecule has 1 aromatic heterocycles. The molecule has 0 N–H and O–H groups in total. The summed E-state index contributed by atoms with van der Waals surface area (Å²) < 4.78 is 12.8. The Balaban J connectivity index is 2.13. The van der Waals surface area contributed by atoms with E-state index in [-0.39, 0.29) is 0 Å². The number of methoxy groups -OCH3 is 1. The molecular weight excluding hydrogens is 284 g/mol. The Hall–Kier alpha value is -1.66. The smallest absolute Gasteiger partial charge is 0.153 e. The van der Waals surface area contributed by atoms with E-state index in [2.05, 4.69) is 24.7 Å². The van der Waals surface area contributed by atoms with Crippen LogP contribution in [0.5, 0.6) is 5.75 Å². The third-order valence-electron chi connectivity index (χ3n) is 3.35. The van der Waals surface area contributed by atoms with Gasteiger partial charge in [-0.2, -0.15) is 5.10 Å². The second-order valence-corrected chi connectivity index (χ2v) is 11.9. The number of hydrogen-bond acceptors (Lipinski definition) is 4. The van der Waals surface area contributed by atoms with Crippen LogP contribution < -0.4 is 4.74 Å². The first-order valence-electron chi connectivity index (χ1n) is 7.02. The molecule has 0 aliphatic rings. The average Bonchev–Trinajstić information content (AvgIpc) is 2.84. The van der Waals surface area contributed by atoms with Crippen LogP contribution in [0, 0.1) is 0 Å². The Morgan fingerprint density at radius 1 is 1.33 bits per heavy atom. The predicted octanol–water partition coefficient (Wildman–Crippen LogP) is 3.17. The molecule has 0 amide bonds. The van der Waals surface area contributed by atoms with E-state index in [1.54, 1.807) is 24.1 Å². The van der Waals surface area contributed by atoms with Gasteiger partial charge in [-0.15, -0.1) is 0 Å². The summed E-state index contributed by atoms with van der Waals surface area (Å²) in [5, 5.41) is 5.15. The first-order valence-corrected chi connectivity index (χ1v) is 10.7. The second-order valence-electron chi connectivity index (χ2n) is 6.23. The Kier molecular flexibility index (Phi) is 4.79. The summed E-state index contributed by atoms with van der Waals surface area (Å²) in [6, 6.07) is 4.75. The molecule has 0 saturated heterocycles. The molecule has 0 unspecified atom stereocenters. The lowest BCUT2D eigenvalue weighted by molar-refractivity contribution is 0.0817. The van der Waals surface area contributed by atoms with Gasteiger partial charge in [-0.25, -0.2) is 4.68 Å². The quantitative estimate of drug-likeness (QED) is 0.448. The topological polar surface area (TPSA) is 53.3 Å². The highest BCUT2D eigenvalue weighted by Gasteiger charge is 2.14. The Labute approximate surface area is 125 Å². The Bertz CT molecular complexity index is 632. The van der Waals surface area contributed by atoms with E-state index in [0.29, 0.717) is 18.0 Å². The molecule has 6 heteroatoms. The second kappa shape index (κ2) is 6.40. The molecule has 114 valence electrons. The summed E-state index contributed by atoms with van der Waals surface area (Å²) in [4.78, 5) is 11.0. The van der Waals surface area contributed by atoms with Gasteiger partial charge in [0.25, 0.3) is 0 Å². The molecule has 0 saturated carbocycles. The van der Waals surface area contributed by atoms with Crippen molar-refractivity contribution in [2.75, 3.05) is 13.7 Å². The molecule has 0 atom stereocenters. The molecule has 21 heavy (non-hydrogen) atoms. The minimum Gasteiger partial charge on any atom is -0.495 e. The fourth-order valence-electron chi connectivity index (χ4n) is 2.10. The highest BCUT2D eigenvalue weighted by Crippen LogP contribution is 2.28. The lowest BCUT2D eigenvalue weighted by atomic mass is 10.1. The van der Waals surface area contributed by atoms with Crippen molar-refractivity contribution in [3.63, 3.8) is 0 Å². The number of fused-ring (bicyclic) bond motifs is 1. The Morgan fingerprint density at radius 3 is 2.71 bits per heavy atom. The van der Waals surface area contributed by atoms with Crippen LogP contribution >= 0.6 is 0 Å². The molecule has 2 aromatic rings. The van der Waals surface area contributed by atoms with Crippen LogP contribution in [0.3, 0.4) is 0 Å². The van der Waals surface area contributed by atoms with Gasteiger partial charge in [-0.3, -0.25) is 4.79 Å². The van der Waals surface area contributed by atoms with E-state index < -0.39 is 8.07 Å². The van der Waals surface area contributed by atoms with Crippen molar-refractivity contribution < 1.29 is 14.3 Å². The number of nitrogens with zero attached hydrogens (tertiary/aromatic N) is 2. The molecule has 2 rings (SSSR count). The van der Waals surface area contributed by atoms with Crippen LogP contribution in [0.15, 0.2) is 18.3 Å². The minimum absolute atomic E-state index is 0.414. The summed E-state index contributed by atoms with van der Waals surface area (Å²) in [5.74, 6) is 0.566. The number of benzene rings is 1. The van der Waals surface area contributed by atoms with Crippen molar-refractivity contribution in [2.24, 2.45) is 0 Å². The fourth-order valence-corrected chi connectivity index (χ4v) is 2.86. The van der Waals surface area contributed by atoms with Crippen LogP contribution in [0.1, 0.15) is 10.4 Å². The predicted molar refractivity (Wildman–Crippen MR) is 85.8 cm³/mol. The molecule has 0 spiro atoms. The third kappa shape index (κ3) is 3.71. The summed E-state index contributed by atoms with van der Waals surface area (Å²) in [6.45, 7) is 8.14. The number of carbonyl (C=O) groups is 1. The molecule has 1 aromatic carbocycles. The number of ether oxygens (including phenoxy) is 2. The van der Waals surface area contributed by atoms with Gasteiger partial charge < -0.3 is 9.47 Å². The van der Waals surface area contributed by atoms with Crippen molar-refractivity contribution in [1.82, 2.24) is 9.78 Å². The van der Waals surface area contributed by atoms with Gasteiger partial charge in [0.15, 0.2) is 6.29 Å². The molecule has 0 bridgehead atoms. The van der Waals surface area contributed by atoms with Gasteiger partial charge in [0.05, 0.1) is 29.8 Å². The van der Waals surface area contributed by atoms with Gasteiger partial charge in [-0.05, 0) is 18.2 Å². The highest BCUT2D eigenvalue weighted by molar-refractivity contribution is 6.76. The van der Waals surface area contributed by atoms with E-state index in [0.717, 1.165) is 29.8 Å². The molecule has 0 aliphatic carbocycles. The molecule has 1 heterocycles. The van der Waals surface area contributed by atoms with Gasteiger partial charge in [-0.1, -0.05) is 19.6 Å². The van der Waals surface area contributed by atoms with Crippen LogP contribution in [0.4, 0.5) is 0 Å². The largest absolute Gasteiger partial charge is 0.495 e. The standard InChI is InChI=1S/C15H22N2O3Si/c1-19-15-12(10-18)5-6-14-13(15)9-16-17(14)11-20-7-8-21(2,3)4/h5-6,9-10H,7-8,11H2,1-4H3. The third-order valence-corrected chi connectivity index (χ3v) is 5.05. The molecule has 0 radical (unpaired) electrons. The lowest BCUT2D eigenvalue weighted by Gasteiger charge is -2.15. The van der Waals surface area contributed by atoms with Crippen LogP contribution in [0.25, 0.3) is 10.9 Å². The highest BCUT2D eigenvalue weighted by atomic mass is 28.3. The van der Waals surface area contributed by atoms with Gasteiger partial charge >= 0.3 is 0 Å². The zero-order valence-electron chi connectivity index (χ0n) is 13.0. The molecular formula is C15H22N2O3Si. The number of aromatic nitrogens is 2. The summed E-state index contributed by atoms with van der Waals surface area (Å²) in [7, 11) is 0.485. The summed E-state index contributed by atoms with van der Waals surface area (Å²) >= 11 is 0. The van der Waals surface area contributed by atoms with Crippen LogP contribution in [0.2, 0.25) is 25.7 Å². The SMILES string of the molecule is COc1c(C=O)ccc2c1cnn2COCC[Si](C)(C)C. The van der Waals surface area contributed by atoms with Gasteiger partial charge in [0, 0.05) is 14.7 Å². The fraction of sp³-hybridized carbons (Fsp3) is 0.467. The molecule has 0 aliphatic heterocycles. The van der Waals surface area contributed by atoms with Crippen LogP contribution in [-0.2, 0) is 11.5 Å². The normalized spacial score (nSPS) is 11.8. The van der Waals surface area contributed by atoms with Gasteiger partial charge in [0.1, 0.15) is 12.5 Å². The maximum absolute atomic E-state index is 11.0. The zero-order valence-corrected chi connectivity index (χ0v) is 14.0. The zero-order chi connectivity index (χ0) is 15.5. The first-order chi connectivity index (χ1) is 9.96. The van der Waals surface area contributed by atoms with Crippen molar-refractivity contribution in [3.05, 3.63) is 23.9 Å². The summed E-state index contributed by atoms with van der Waals surface area (Å²) in [5.41, 5.74) is 1.44. The van der Waals surface area contributed by atoms with E-state index in [1.165, 1.54) is 0 Å². The van der Waals surface area contributed by atoms with Crippen LogP contribution in [-0.4, -0.2) is 37.9 Å². The van der Waals surface area contributed by atoms with Crippen molar-refractivity contribution >= 4 is 25.3 Å². The first kappa shape index (κ1) is 15.7. The monoisotopic (exact) mass is 306 g/mol. The van der Waals surface area contributed by atoms with Crippen molar-refractivity contribution in [1.29, 1.82) is 0 Å². The maximum atomic E-state index is 11.0. The van der Waals surface area contributed by atoms with E-state index in [4.69, 9.17) is 9.47 Å². The number of carbonyl (C=O) groups excluding carboxylic acids is 1. The minimum atomic E-state index is -1.07.